The minimum Gasteiger partial charge on any atom is -0.480 e. The van der Waals surface area contributed by atoms with Crippen LogP contribution in [0.25, 0.3) is 27.7 Å². The molecule has 56 heavy (non-hydrogen) atoms. The van der Waals surface area contributed by atoms with Gasteiger partial charge in [0.15, 0.2) is 5.82 Å². The van der Waals surface area contributed by atoms with Gasteiger partial charge in [-0.15, -0.1) is 0 Å². The Labute approximate surface area is 317 Å². The van der Waals surface area contributed by atoms with Crippen molar-refractivity contribution in [2.75, 3.05) is 4.72 Å². The standard InChI is InChI=1S/C38H33F2N7O8S/c1-21(2)55-20-34-42-17-24(18-43-34)23-6-10-26(11-7-23)56(53,54)45-31-16-29(39)28(15-30(31)40)35(48)44-32(37(50)51)14-22-4-8-25(9-5-22)47-36(49)27-12-13-41-19-33(27)46(3)38(47)52/h4-13,15-19,21,32,45H,14,20H2,1-3H3,(H,44,48)(H,50,51)/t32-/m0/s1. The second kappa shape index (κ2) is 16.0. The highest BCUT2D eigenvalue weighted by Gasteiger charge is 2.26. The summed E-state index contributed by atoms with van der Waals surface area (Å²) in [5, 5.41) is 12.2. The van der Waals surface area contributed by atoms with E-state index >= 15 is 8.78 Å². The molecule has 6 rings (SSSR count). The number of benzene rings is 3. The minimum absolute atomic E-state index is 0.00134. The SMILES string of the molecule is CC(C)OCc1ncc(-c2ccc(S(=O)(=O)Nc3cc(F)c(C(=O)N[C@@H](Cc4ccc(-n5c(=O)c6ccncc6n(C)c5=O)cc4)C(=O)O)cc3F)cc2)cn1. The van der Waals surface area contributed by atoms with E-state index in [4.69, 9.17) is 4.74 Å². The molecule has 3 aromatic heterocycles. The number of rotatable bonds is 13. The summed E-state index contributed by atoms with van der Waals surface area (Å²) in [6, 6.07) is 12.0. The monoisotopic (exact) mass is 785 g/mol. The van der Waals surface area contributed by atoms with E-state index in [2.05, 4.69) is 20.3 Å². The van der Waals surface area contributed by atoms with Crippen molar-refractivity contribution in [3.8, 4) is 16.8 Å². The molecular weight excluding hydrogens is 753 g/mol. The van der Waals surface area contributed by atoms with Crippen LogP contribution < -0.4 is 21.3 Å². The van der Waals surface area contributed by atoms with E-state index in [9.17, 15) is 32.7 Å². The highest BCUT2D eigenvalue weighted by molar-refractivity contribution is 7.92. The molecule has 1 atom stereocenters. The van der Waals surface area contributed by atoms with E-state index < -0.39 is 62.1 Å². The fraction of sp³-hybridized carbons (Fsp3) is 0.184. The molecule has 0 unspecified atom stereocenters. The molecule has 0 aliphatic carbocycles. The van der Waals surface area contributed by atoms with Gasteiger partial charge in [-0.1, -0.05) is 24.3 Å². The number of nitrogens with one attached hydrogen (secondary N) is 2. The highest BCUT2D eigenvalue weighted by atomic mass is 32.2. The van der Waals surface area contributed by atoms with Crippen LogP contribution in [-0.2, 0) is 39.6 Å². The first kappa shape index (κ1) is 39.0. The Morgan fingerprint density at radius 1 is 0.911 bits per heavy atom. The van der Waals surface area contributed by atoms with Gasteiger partial charge >= 0.3 is 11.7 Å². The number of carbonyl (C=O) groups is 2. The first-order valence-corrected chi connectivity index (χ1v) is 18.3. The zero-order valence-corrected chi connectivity index (χ0v) is 30.8. The summed E-state index contributed by atoms with van der Waals surface area (Å²) in [4.78, 5) is 63.4. The van der Waals surface area contributed by atoms with Crippen molar-refractivity contribution in [2.45, 2.75) is 43.9 Å². The van der Waals surface area contributed by atoms with Gasteiger partial charge < -0.3 is 15.2 Å². The van der Waals surface area contributed by atoms with Crippen LogP contribution in [0.1, 0.15) is 35.6 Å². The van der Waals surface area contributed by atoms with Crippen LogP contribution in [0.3, 0.4) is 0 Å². The lowest BCUT2D eigenvalue weighted by atomic mass is 10.0. The summed E-state index contributed by atoms with van der Waals surface area (Å²) in [5.41, 5.74) is -0.796. The third-order valence-electron chi connectivity index (χ3n) is 8.61. The molecule has 0 aliphatic heterocycles. The number of aliphatic carboxylic acids is 1. The smallest absolute Gasteiger partial charge is 0.335 e. The van der Waals surface area contributed by atoms with Crippen LogP contribution in [-0.4, -0.2) is 61.6 Å². The molecule has 3 heterocycles. The second-order valence-electron chi connectivity index (χ2n) is 12.8. The number of hydrogen-bond acceptors (Lipinski definition) is 10. The molecule has 6 aromatic rings. The van der Waals surface area contributed by atoms with E-state index in [1.54, 1.807) is 12.4 Å². The lowest BCUT2D eigenvalue weighted by molar-refractivity contribution is -0.139. The van der Waals surface area contributed by atoms with Crippen molar-refractivity contribution in [3.05, 3.63) is 141 Å². The first-order chi connectivity index (χ1) is 26.6. The molecule has 3 N–H and O–H groups in total. The topological polar surface area (TPSA) is 204 Å². The number of sulfonamides is 1. The van der Waals surface area contributed by atoms with Gasteiger partial charge in [-0.3, -0.25) is 23.9 Å². The van der Waals surface area contributed by atoms with E-state index in [1.807, 2.05) is 18.6 Å². The van der Waals surface area contributed by atoms with Gasteiger partial charge in [-0.2, -0.15) is 0 Å². The third-order valence-corrected chi connectivity index (χ3v) is 9.99. The number of aromatic nitrogens is 5. The first-order valence-electron chi connectivity index (χ1n) is 16.9. The number of fused-ring (bicyclic) bond motifs is 1. The number of carbonyl (C=O) groups excluding carboxylic acids is 1. The number of carboxylic acids is 1. The number of carboxylic acid groups (broad SMARTS) is 1. The fourth-order valence-electron chi connectivity index (χ4n) is 5.62. The molecule has 0 fully saturated rings. The summed E-state index contributed by atoms with van der Waals surface area (Å²) >= 11 is 0. The number of aryl methyl sites for hydroxylation is 1. The lowest BCUT2D eigenvalue weighted by Gasteiger charge is -2.16. The predicted octanol–water partition coefficient (Wildman–Crippen LogP) is 3.97. The second-order valence-corrected chi connectivity index (χ2v) is 14.5. The molecule has 18 heteroatoms. The van der Waals surface area contributed by atoms with Crippen molar-refractivity contribution in [1.82, 2.24) is 29.4 Å². The third kappa shape index (κ3) is 8.35. The van der Waals surface area contributed by atoms with Crippen LogP contribution in [0.15, 0.2) is 106 Å². The molecule has 0 saturated heterocycles. The summed E-state index contributed by atoms with van der Waals surface area (Å²) in [5.74, 6) is -4.93. The molecule has 0 bridgehead atoms. The Hall–Kier alpha value is -6.66. The van der Waals surface area contributed by atoms with Crippen LogP contribution in [0, 0.1) is 11.6 Å². The van der Waals surface area contributed by atoms with Crippen LogP contribution in [0.4, 0.5) is 14.5 Å². The van der Waals surface area contributed by atoms with E-state index in [-0.39, 0.29) is 35.1 Å². The number of hydrogen-bond donors (Lipinski definition) is 3. The Morgan fingerprint density at radius 2 is 1.59 bits per heavy atom. The van der Waals surface area contributed by atoms with Crippen molar-refractivity contribution in [2.24, 2.45) is 7.05 Å². The summed E-state index contributed by atoms with van der Waals surface area (Å²) in [6.45, 7) is 3.99. The zero-order valence-electron chi connectivity index (χ0n) is 29.9. The van der Waals surface area contributed by atoms with Crippen molar-refractivity contribution < 1.29 is 36.6 Å². The van der Waals surface area contributed by atoms with E-state index in [0.29, 0.717) is 40.2 Å². The zero-order chi connectivity index (χ0) is 40.3. The Bertz CT molecular complexity index is 2690. The largest absolute Gasteiger partial charge is 0.480 e. The molecule has 0 saturated carbocycles. The maximum atomic E-state index is 15.2. The number of pyridine rings is 1. The van der Waals surface area contributed by atoms with Gasteiger partial charge in [-0.25, -0.2) is 41.3 Å². The number of halogens is 2. The van der Waals surface area contributed by atoms with Crippen molar-refractivity contribution in [1.29, 1.82) is 0 Å². The molecule has 3 aromatic carbocycles. The summed E-state index contributed by atoms with van der Waals surface area (Å²) < 4.78 is 66.2. The van der Waals surface area contributed by atoms with Crippen LogP contribution in [0.2, 0.25) is 0 Å². The van der Waals surface area contributed by atoms with E-state index in [0.717, 1.165) is 4.57 Å². The fourth-order valence-corrected chi connectivity index (χ4v) is 6.68. The van der Waals surface area contributed by atoms with Gasteiger partial charge in [0.25, 0.3) is 21.5 Å². The molecule has 0 spiro atoms. The van der Waals surface area contributed by atoms with Crippen molar-refractivity contribution in [3.63, 3.8) is 0 Å². The maximum Gasteiger partial charge on any atom is 0.335 e. The Kier molecular flexibility index (Phi) is 11.1. The molecule has 288 valence electrons. The maximum absolute atomic E-state index is 15.2. The minimum atomic E-state index is -4.43. The number of amides is 1. The van der Waals surface area contributed by atoms with Crippen LogP contribution in [0.5, 0.6) is 0 Å². The lowest BCUT2D eigenvalue weighted by Crippen LogP contribution is -2.42. The normalized spacial score (nSPS) is 12.1. The van der Waals surface area contributed by atoms with Gasteiger partial charge in [0.1, 0.15) is 24.3 Å². The number of nitrogens with zero attached hydrogens (tertiary/aromatic N) is 5. The molecular formula is C38H33F2N7O8S. The quantitative estimate of drug-likeness (QED) is 0.153. The highest BCUT2D eigenvalue weighted by Crippen LogP contribution is 2.25. The average molecular weight is 786 g/mol. The van der Waals surface area contributed by atoms with Gasteiger partial charge in [0.2, 0.25) is 0 Å². The Balaban J connectivity index is 1.13. The average Bonchev–Trinajstić information content (AvgIpc) is 3.18. The van der Waals surface area contributed by atoms with Crippen molar-refractivity contribution >= 4 is 38.5 Å². The molecule has 15 nitrogen and oxygen atoms in total. The van der Waals surface area contributed by atoms with E-state index in [1.165, 1.54) is 78.6 Å². The summed E-state index contributed by atoms with van der Waals surface area (Å²) in [7, 11) is -2.95. The molecule has 0 aliphatic rings. The van der Waals surface area contributed by atoms with Crippen LogP contribution >= 0.6 is 0 Å². The van der Waals surface area contributed by atoms with Gasteiger partial charge in [0.05, 0.1) is 45.0 Å². The molecule has 1 amide bonds. The molecule has 0 radical (unpaired) electrons. The van der Waals surface area contributed by atoms with Gasteiger partial charge in [-0.05, 0) is 61.4 Å². The number of ether oxygens (including phenoxy) is 1. The Morgan fingerprint density at radius 3 is 2.23 bits per heavy atom. The van der Waals surface area contributed by atoms with Gasteiger partial charge in [0, 0.05) is 43.7 Å². The number of anilines is 1. The summed E-state index contributed by atoms with van der Waals surface area (Å²) in [6.07, 6.45) is 5.61. The predicted molar refractivity (Wildman–Crippen MR) is 200 cm³/mol.